The molecule has 1 saturated heterocycles. The van der Waals surface area contributed by atoms with Gasteiger partial charge in [0.2, 0.25) is 12.2 Å². The molecule has 0 radical (unpaired) electrons. The number of primary amides is 1. The summed E-state index contributed by atoms with van der Waals surface area (Å²) in [5.41, 5.74) is 21.5. The second kappa shape index (κ2) is 14.6. The first kappa shape index (κ1) is 32.5. The van der Waals surface area contributed by atoms with Crippen LogP contribution in [0.25, 0.3) is 0 Å². The molecule has 3 rings (SSSR count). The molecule has 1 amide bonds. The average molecular weight is 547 g/mol. The Labute approximate surface area is 223 Å². The van der Waals surface area contributed by atoms with Gasteiger partial charge in [-0.3, -0.25) is 4.79 Å². The summed E-state index contributed by atoms with van der Waals surface area (Å²) >= 11 is 0. The van der Waals surface area contributed by atoms with Gasteiger partial charge in [0.25, 0.3) is 0 Å². The molecule has 2 heterocycles. The van der Waals surface area contributed by atoms with Gasteiger partial charge in [-0.25, -0.2) is 0 Å². The fraction of sp³-hybridized carbons (Fsp3) is 0.792. The number of hydrogen-bond donors (Lipinski definition) is 9. The van der Waals surface area contributed by atoms with Crippen molar-refractivity contribution in [2.24, 2.45) is 22.9 Å². The van der Waals surface area contributed by atoms with Gasteiger partial charge in [0, 0.05) is 12.1 Å². The van der Waals surface area contributed by atoms with Gasteiger partial charge in [0.1, 0.15) is 35.8 Å². The highest BCUT2D eigenvalue weighted by Crippen LogP contribution is 2.31. The van der Waals surface area contributed by atoms with Crippen molar-refractivity contribution in [3.05, 3.63) is 24.5 Å². The van der Waals surface area contributed by atoms with Crippen LogP contribution in [0.3, 0.4) is 0 Å². The minimum Gasteiger partial charge on any atom is -0.467 e. The van der Waals surface area contributed by atoms with E-state index >= 15 is 0 Å². The maximum absolute atomic E-state index is 11.3. The summed E-state index contributed by atoms with van der Waals surface area (Å²) in [5, 5.41) is 38.8. The SMILES string of the molecule is C=CC(N)=O.CCN[C@@H]1C[C@H](N)[C@@H](OC2OC(CN)=CCC2N)[C@H](O)[C@H]1O[C@H]1OC[C@](C)(O)[C@H](NC)[C@H]1O. The summed E-state index contributed by atoms with van der Waals surface area (Å²) in [6.45, 7) is 7.39. The number of hydrogen-bond acceptors (Lipinski definition) is 13. The van der Waals surface area contributed by atoms with Crippen LogP contribution in [0.1, 0.15) is 26.7 Å². The van der Waals surface area contributed by atoms with Crippen molar-refractivity contribution in [2.45, 2.75) is 93.5 Å². The topological polar surface area (TPSA) is 243 Å². The van der Waals surface area contributed by atoms with Gasteiger partial charge < -0.3 is 67.8 Å². The Morgan fingerprint density at radius 1 is 1.24 bits per heavy atom. The van der Waals surface area contributed by atoms with Crippen LogP contribution in [0, 0.1) is 0 Å². The van der Waals surface area contributed by atoms with E-state index in [1.807, 2.05) is 13.0 Å². The van der Waals surface area contributed by atoms with Crippen LogP contribution in [0.4, 0.5) is 0 Å². The molecule has 13 N–H and O–H groups in total. The number of aliphatic hydroxyl groups is 3. The zero-order chi connectivity index (χ0) is 28.6. The van der Waals surface area contributed by atoms with E-state index in [2.05, 4.69) is 22.9 Å². The van der Waals surface area contributed by atoms with Crippen LogP contribution in [-0.4, -0.2) is 115 Å². The lowest BCUT2D eigenvalue weighted by Gasteiger charge is -2.49. The predicted octanol–water partition coefficient (Wildman–Crippen LogP) is -3.54. The molecule has 0 aromatic rings. The van der Waals surface area contributed by atoms with Gasteiger partial charge in [-0.1, -0.05) is 13.5 Å². The number of amides is 1. The first-order valence-electron chi connectivity index (χ1n) is 12.8. The highest BCUT2D eigenvalue weighted by atomic mass is 16.7. The molecule has 3 aliphatic rings. The summed E-state index contributed by atoms with van der Waals surface area (Å²) in [7, 11) is 1.64. The van der Waals surface area contributed by atoms with Crippen LogP contribution >= 0.6 is 0 Å². The molecule has 2 unspecified atom stereocenters. The molecule has 2 fully saturated rings. The standard InChI is InChI=1S/C21H41N5O7.C3H5NO/c1-4-26-13-7-12(24)16(32-19-11(23)6-5-10(8-22)31-19)14(27)17(13)33-20-15(28)18(25-3)21(2,29)9-30-20;1-2-3(4)5/h5,11-20,25-29H,4,6-9,22-24H2,1-3H3;2H,1H2,(H2,4,5)/t11?,12-,13+,14-,15+,16+,17-,18+,19?,20+,21-;/m0./s1. The van der Waals surface area contributed by atoms with Gasteiger partial charge in [-0.15, -0.1) is 0 Å². The minimum absolute atomic E-state index is 0.0483. The van der Waals surface area contributed by atoms with Crippen molar-refractivity contribution in [3.8, 4) is 0 Å². The lowest BCUT2D eigenvalue weighted by molar-refractivity contribution is -0.304. The molecule has 220 valence electrons. The number of carbonyl (C=O) groups excluding carboxylic acids is 1. The van der Waals surface area contributed by atoms with Gasteiger partial charge in [0.05, 0.1) is 25.2 Å². The first-order valence-corrected chi connectivity index (χ1v) is 12.8. The van der Waals surface area contributed by atoms with Crippen molar-refractivity contribution in [1.82, 2.24) is 10.6 Å². The number of carbonyl (C=O) groups is 1. The maximum Gasteiger partial charge on any atom is 0.240 e. The highest BCUT2D eigenvalue weighted by molar-refractivity contribution is 5.84. The molecule has 0 spiro atoms. The Morgan fingerprint density at radius 3 is 2.42 bits per heavy atom. The van der Waals surface area contributed by atoms with Gasteiger partial charge >= 0.3 is 0 Å². The number of rotatable bonds is 9. The van der Waals surface area contributed by atoms with E-state index in [0.717, 1.165) is 6.08 Å². The zero-order valence-corrected chi connectivity index (χ0v) is 22.4. The molecule has 14 heteroatoms. The van der Waals surface area contributed by atoms with E-state index in [4.69, 9.17) is 36.1 Å². The van der Waals surface area contributed by atoms with Crippen molar-refractivity contribution in [1.29, 1.82) is 0 Å². The number of ether oxygens (including phenoxy) is 4. The van der Waals surface area contributed by atoms with E-state index in [1.54, 1.807) is 14.0 Å². The Balaban J connectivity index is 0.000000926. The predicted molar refractivity (Wildman–Crippen MR) is 139 cm³/mol. The molecule has 11 atom stereocenters. The largest absolute Gasteiger partial charge is 0.467 e. The van der Waals surface area contributed by atoms with Crippen molar-refractivity contribution in [2.75, 3.05) is 26.7 Å². The third kappa shape index (κ3) is 8.16. The summed E-state index contributed by atoms with van der Waals surface area (Å²) < 4.78 is 23.6. The lowest BCUT2D eigenvalue weighted by atomic mass is 9.83. The summed E-state index contributed by atoms with van der Waals surface area (Å²) in [5.74, 6) is 0.0905. The summed E-state index contributed by atoms with van der Waals surface area (Å²) in [4.78, 5) is 9.47. The van der Waals surface area contributed by atoms with Crippen LogP contribution in [0.15, 0.2) is 24.5 Å². The number of nitrogens with two attached hydrogens (primary N) is 4. The lowest BCUT2D eigenvalue weighted by Crippen LogP contribution is -2.69. The number of nitrogens with one attached hydrogen (secondary N) is 2. The number of aliphatic hydroxyl groups excluding tert-OH is 2. The molecule has 14 nitrogen and oxygen atoms in total. The molecule has 0 aromatic heterocycles. The summed E-state index contributed by atoms with van der Waals surface area (Å²) in [6, 6.07) is -1.95. The molecule has 2 aliphatic heterocycles. The monoisotopic (exact) mass is 546 g/mol. The summed E-state index contributed by atoms with van der Waals surface area (Å²) in [6.07, 6.45) is -2.00. The van der Waals surface area contributed by atoms with Gasteiger partial charge in [0.15, 0.2) is 6.29 Å². The van der Waals surface area contributed by atoms with E-state index in [1.165, 1.54) is 0 Å². The molecule has 38 heavy (non-hydrogen) atoms. The third-order valence-electron chi connectivity index (χ3n) is 6.85. The van der Waals surface area contributed by atoms with Crippen LogP contribution in [-0.2, 0) is 23.7 Å². The van der Waals surface area contributed by atoms with Crippen LogP contribution < -0.4 is 33.6 Å². The normalized spacial score (nSPS) is 41.2. The second-order valence-electron chi connectivity index (χ2n) is 9.92. The average Bonchev–Trinajstić information content (AvgIpc) is 2.87. The maximum atomic E-state index is 11.3. The Bertz CT molecular complexity index is 802. The molecule has 0 aromatic carbocycles. The van der Waals surface area contributed by atoms with Gasteiger partial charge in [-0.05, 0) is 45.5 Å². The fourth-order valence-electron chi connectivity index (χ4n) is 4.86. The smallest absolute Gasteiger partial charge is 0.240 e. The quantitative estimate of drug-likeness (QED) is 0.127. The fourth-order valence-corrected chi connectivity index (χ4v) is 4.86. The molecule has 1 aliphatic carbocycles. The Kier molecular flexibility index (Phi) is 12.5. The first-order chi connectivity index (χ1) is 17.9. The molecule has 0 bridgehead atoms. The zero-order valence-electron chi connectivity index (χ0n) is 22.4. The van der Waals surface area contributed by atoms with E-state index < -0.39 is 66.6 Å². The second-order valence-corrected chi connectivity index (χ2v) is 9.92. The third-order valence-corrected chi connectivity index (χ3v) is 6.85. The Hall–Kier alpha value is -1.69. The molecule has 1 saturated carbocycles. The molecular formula is C24H46N6O8. The van der Waals surface area contributed by atoms with Crippen molar-refractivity contribution in [3.63, 3.8) is 0 Å². The van der Waals surface area contributed by atoms with Crippen LogP contribution in [0.2, 0.25) is 0 Å². The molecular weight excluding hydrogens is 500 g/mol. The van der Waals surface area contributed by atoms with E-state index in [-0.39, 0.29) is 19.2 Å². The Morgan fingerprint density at radius 2 is 1.87 bits per heavy atom. The van der Waals surface area contributed by atoms with Crippen molar-refractivity contribution < 1.29 is 39.1 Å². The van der Waals surface area contributed by atoms with Crippen LogP contribution in [0.5, 0.6) is 0 Å². The number of likely N-dealkylation sites (N-methyl/N-ethyl adjacent to an activating group) is 2. The van der Waals surface area contributed by atoms with E-state index in [9.17, 15) is 20.1 Å². The minimum atomic E-state index is -1.28. The van der Waals surface area contributed by atoms with Crippen molar-refractivity contribution >= 4 is 5.91 Å². The van der Waals surface area contributed by atoms with Gasteiger partial charge in [-0.2, -0.15) is 0 Å². The van der Waals surface area contributed by atoms with E-state index in [0.29, 0.717) is 25.1 Å². The highest BCUT2D eigenvalue weighted by Gasteiger charge is 2.51.